The largest absolute Gasteiger partial charge is 0.424 e. The summed E-state index contributed by atoms with van der Waals surface area (Å²) in [6.45, 7) is 0. The summed E-state index contributed by atoms with van der Waals surface area (Å²) < 4.78 is 18.8. The number of hydrogen-bond acceptors (Lipinski definition) is 7. The first kappa shape index (κ1) is 13.5. The molecule has 0 atom stereocenters. The third-order valence-electron chi connectivity index (χ3n) is 2.29. The van der Waals surface area contributed by atoms with Gasteiger partial charge in [0.25, 0.3) is 0 Å². The molecule has 0 saturated carbocycles. The Kier molecular flexibility index (Phi) is 3.61. The van der Waals surface area contributed by atoms with Crippen LogP contribution >= 0.6 is 0 Å². The van der Waals surface area contributed by atoms with Crippen molar-refractivity contribution in [2.24, 2.45) is 0 Å². The number of halogens is 1. The molecule has 8 heteroatoms. The number of benzene rings is 1. The van der Waals surface area contributed by atoms with Gasteiger partial charge in [0.05, 0.1) is 5.56 Å². The second-order valence-corrected chi connectivity index (χ2v) is 4.03. The molecule has 0 aliphatic rings. The highest BCUT2D eigenvalue weighted by atomic mass is 19.1. The first-order chi connectivity index (χ1) is 9.49. The van der Waals surface area contributed by atoms with Gasteiger partial charge in [0.2, 0.25) is 11.9 Å². The molecule has 0 aliphatic heterocycles. The fraction of sp³-hybridized carbons (Fsp3) is 0.167. The lowest BCUT2D eigenvalue weighted by Gasteiger charge is -2.11. The SMILES string of the molecule is CN(C)c1nc(N)nc(Oc2ccc(C#N)c(F)c2)n1. The number of nitrogen functional groups attached to an aromatic ring is 1. The van der Waals surface area contributed by atoms with Crippen molar-refractivity contribution in [2.75, 3.05) is 24.7 Å². The Bertz CT molecular complexity index is 682. The molecule has 102 valence electrons. The molecule has 0 fully saturated rings. The zero-order valence-electron chi connectivity index (χ0n) is 10.8. The van der Waals surface area contributed by atoms with Crippen LogP contribution in [0.1, 0.15) is 5.56 Å². The van der Waals surface area contributed by atoms with E-state index in [-0.39, 0.29) is 23.3 Å². The summed E-state index contributed by atoms with van der Waals surface area (Å²) in [5, 5.41) is 8.65. The van der Waals surface area contributed by atoms with Crippen molar-refractivity contribution in [1.29, 1.82) is 5.26 Å². The van der Waals surface area contributed by atoms with Crippen LogP contribution in [0.2, 0.25) is 0 Å². The van der Waals surface area contributed by atoms with E-state index >= 15 is 0 Å². The van der Waals surface area contributed by atoms with E-state index in [1.54, 1.807) is 25.1 Å². The minimum atomic E-state index is -0.681. The summed E-state index contributed by atoms with van der Waals surface area (Å²) in [5.74, 6) is -0.203. The Morgan fingerprint density at radius 3 is 2.65 bits per heavy atom. The monoisotopic (exact) mass is 274 g/mol. The van der Waals surface area contributed by atoms with Gasteiger partial charge in [0, 0.05) is 20.2 Å². The van der Waals surface area contributed by atoms with Gasteiger partial charge in [-0.1, -0.05) is 0 Å². The van der Waals surface area contributed by atoms with E-state index in [0.29, 0.717) is 5.95 Å². The Hall–Kier alpha value is -2.95. The maximum atomic E-state index is 13.5. The number of ether oxygens (including phenoxy) is 1. The van der Waals surface area contributed by atoms with Gasteiger partial charge >= 0.3 is 6.01 Å². The van der Waals surface area contributed by atoms with E-state index in [1.807, 2.05) is 0 Å². The third kappa shape index (κ3) is 2.89. The zero-order chi connectivity index (χ0) is 14.7. The van der Waals surface area contributed by atoms with Crippen molar-refractivity contribution in [2.45, 2.75) is 0 Å². The molecule has 0 amide bonds. The molecule has 2 aromatic rings. The Morgan fingerprint density at radius 1 is 1.30 bits per heavy atom. The summed E-state index contributed by atoms with van der Waals surface area (Å²) in [6.07, 6.45) is 0. The lowest BCUT2D eigenvalue weighted by Crippen LogP contribution is -2.15. The smallest absolute Gasteiger partial charge is 0.328 e. The lowest BCUT2D eigenvalue weighted by atomic mass is 10.2. The van der Waals surface area contributed by atoms with Crippen molar-refractivity contribution in [3.63, 3.8) is 0 Å². The predicted octanol–water partition coefficient (Wildman–Crippen LogP) is 1.32. The van der Waals surface area contributed by atoms with Crippen LogP contribution in [0.25, 0.3) is 0 Å². The number of anilines is 2. The summed E-state index contributed by atoms with van der Waals surface area (Å²) in [7, 11) is 3.47. The summed E-state index contributed by atoms with van der Waals surface area (Å²) in [4.78, 5) is 13.4. The zero-order valence-corrected chi connectivity index (χ0v) is 10.8. The molecule has 0 bridgehead atoms. The van der Waals surface area contributed by atoms with Gasteiger partial charge in [-0.15, -0.1) is 0 Å². The molecule has 0 radical (unpaired) electrons. The van der Waals surface area contributed by atoms with Gasteiger partial charge in [-0.2, -0.15) is 20.2 Å². The first-order valence-corrected chi connectivity index (χ1v) is 5.56. The minimum Gasteiger partial charge on any atom is -0.424 e. The standard InChI is InChI=1S/C12H11FN6O/c1-19(2)11-16-10(15)17-12(18-11)20-8-4-3-7(6-14)9(13)5-8/h3-5H,1-2H3,(H2,15,16,17,18). The number of hydrogen-bond donors (Lipinski definition) is 1. The molecule has 2 rings (SSSR count). The average molecular weight is 274 g/mol. The van der Waals surface area contributed by atoms with Gasteiger partial charge < -0.3 is 15.4 Å². The highest BCUT2D eigenvalue weighted by Crippen LogP contribution is 2.22. The van der Waals surface area contributed by atoms with Crippen LogP contribution in [0, 0.1) is 17.1 Å². The molecule has 1 aromatic carbocycles. The van der Waals surface area contributed by atoms with Crippen molar-refractivity contribution in [1.82, 2.24) is 15.0 Å². The average Bonchev–Trinajstić information content (AvgIpc) is 2.38. The van der Waals surface area contributed by atoms with E-state index in [0.717, 1.165) is 6.07 Å². The normalized spacial score (nSPS) is 9.90. The molecule has 0 saturated heterocycles. The first-order valence-electron chi connectivity index (χ1n) is 5.56. The molecular formula is C12H11FN6O. The molecule has 20 heavy (non-hydrogen) atoms. The molecule has 2 N–H and O–H groups in total. The van der Waals surface area contributed by atoms with Crippen LogP contribution < -0.4 is 15.4 Å². The van der Waals surface area contributed by atoms with Crippen molar-refractivity contribution in [3.8, 4) is 17.8 Å². The molecule has 0 aliphatic carbocycles. The van der Waals surface area contributed by atoms with Gasteiger partial charge in [0.15, 0.2) is 0 Å². The Balaban J connectivity index is 2.30. The number of nitrogens with two attached hydrogens (primary N) is 1. The van der Waals surface area contributed by atoms with E-state index in [2.05, 4.69) is 15.0 Å². The number of nitriles is 1. The Morgan fingerprint density at radius 2 is 2.05 bits per heavy atom. The summed E-state index contributed by atoms with van der Waals surface area (Å²) in [5.41, 5.74) is 5.47. The topological polar surface area (TPSA) is 101 Å². The lowest BCUT2D eigenvalue weighted by molar-refractivity contribution is 0.437. The number of nitrogens with zero attached hydrogens (tertiary/aromatic N) is 5. The molecule has 0 unspecified atom stereocenters. The molecule has 1 heterocycles. The van der Waals surface area contributed by atoms with Crippen LogP contribution in [-0.2, 0) is 0 Å². The summed E-state index contributed by atoms with van der Waals surface area (Å²) in [6, 6.07) is 5.50. The minimum absolute atomic E-state index is 0.00665. The van der Waals surface area contributed by atoms with E-state index in [4.69, 9.17) is 15.7 Å². The summed E-state index contributed by atoms with van der Waals surface area (Å²) >= 11 is 0. The molecule has 1 aromatic heterocycles. The van der Waals surface area contributed by atoms with Crippen molar-refractivity contribution in [3.05, 3.63) is 29.6 Å². The Labute approximate surface area is 114 Å². The van der Waals surface area contributed by atoms with Gasteiger partial charge in [0.1, 0.15) is 17.6 Å². The molecular weight excluding hydrogens is 263 g/mol. The van der Waals surface area contributed by atoms with Gasteiger partial charge in [-0.05, 0) is 12.1 Å². The number of aromatic nitrogens is 3. The van der Waals surface area contributed by atoms with Crippen LogP contribution in [0.4, 0.5) is 16.3 Å². The van der Waals surface area contributed by atoms with E-state index in [1.165, 1.54) is 12.1 Å². The fourth-order valence-electron chi connectivity index (χ4n) is 1.36. The van der Waals surface area contributed by atoms with Crippen LogP contribution in [0.15, 0.2) is 18.2 Å². The van der Waals surface area contributed by atoms with Crippen molar-refractivity contribution < 1.29 is 9.13 Å². The van der Waals surface area contributed by atoms with Gasteiger partial charge in [-0.3, -0.25) is 0 Å². The van der Waals surface area contributed by atoms with E-state index in [9.17, 15) is 4.39 Å². The second-order valence-electron chi connectivity index (χ2n) is 4.03. The fourth-order valence-corrected chi connectivity index (χ4v) is 1.36. The van der Waals surface area contributed by atoms with Crippen LogP contribution in [0.3, 0.4) is 0 Å². The quantitative estimate of drug-likeness (QED) is 0.900. The molecule has 0 spiro atoms. The van der Waals surface area contributed by atoms with Crippen LogP contribution in [-0.4, -0.2) is 29.0 Å². The highest BCUT2D eigenvalue weighted by molar-refractivity contribution is 5.39. The van der Waals surface area contributed by atoms with Crippen molar-refractivity contribution >= 4 is 11.9 Å². The number of rotatable bonds is 3. The van der Waals surface area contributed by atoms with Gasteiger partial charge in [-0.25, -0.2) is 4.39 Å². The highest BCUT2D eigenvalue weighted by Gasteiger charge is 2.10. The second kappa shape index (κ2) is 5.36. The maximum Gasteiger partial charge on any atom is 0.328 e. The maximum absolute atomic E-state index is 13.5. The molecule has 7 nitrogen and oxygen atoms in total. The van der Waals surface area contributed by atoms with Crippen LogP contribution in [0.5, 0.6) is 11.8 Å². The predicted molar refractivity (Wildman–Crippen MR) is 69.8 cm³/mol. The third-order valence-corrected chi connectivity index (χ3v) is 2.29. The van der Waals surface area contributed by atoms with E-state index < -0.39 is 5.82 Å².